The molecule has 0 bridgehead atoms. The number of hydrogen-bond acceptors (Lipinski definition) is 5. The average Bonchev–Trinajstić information content (AvgIpc) is 2.59. The molecule has 0 unspecified atom stereocenters. The van der Waals surface area contributed by atoms with Crippen LogP contribution in [0.4, 0.5) is 0 Å². The number of carbonyl (C=O) groups excluding carboxylic acids is 2. The fraction of sp³-hybridized carbons (Fsp3) is 0.238. The molecule has 5 nitrogen and oxygen atoms in total. The van der Waals surface area contributed by atoms with E-state index in [1.807, 2.05) is 24.3 Å². The Morgan fingerprint density at radius 3 is 1.88 bits per heavy atom. The van der Waals surface area contributed by atoms with E-state index in [1.165, 1.54) is 25.5 Å². The van der Waals surface area contributed by atoms with Crippen LogP contribution in [0, 0.1) is 0 Å². The van der Waals surface area contributed by atoms with Crippen LogP contribution in [0.15, 0.2) is 54.1 Å². The van der Waals surface area contributed by atoms with Crippen molar-refractivity contribution in [2.24, 2.45) is 0 Å². The summed E-state index contributed by atoms with van der Waals surface area (Å²) in [6.45, 7) is 5.12. The van der Waals surface area contributed by atoms with Crippen LogP contribution in [0.1, 0.15) is 31.9 Å². The second kappa shape index (κ2) is 7.04. The lowest BCUT2D eigenvalue weighted by atomic mass is 10.1. The maximum atomic E-state index is 12.0. The molecule has 0 aliphatic carbocycles. The van der Waals surface area contributed by atoms with Gasteiger partial charge < -0.3 is 14.2 Å². The minimum absolute atomic E-state index is 0.131. The van der Waals surface area contributed by atoms with Crippen molar-refractivity contribution in [1.29, 1.82) is 0 Å². The first kappa shape index (κ1) is 17.7. The molecule has 0 radical (unpaired) electrons. The maximum absolute atomic E-state index is 12.0. The van der Waals surface area contributed by atoms with Crippen LogP contribution in [-0.2, 0) is 25.5 Å². The summed E-state index contributed by atoms with van der Waals surface area (Å²) < 4.78 is 15.9. The smallest absolute Gasteiger partial charge is 0.348 e. The highest BCUT2D eigenvalue weighted by Gasteiger charge is 2.38. The van der Waals surface area contributed by atoms with Crippen LogP contribution >= 0.6 is 0 Å². The molecule has 1 heterocycles. The molecule has 26 heavy (non-hydrogen) atoms. The minimum atomic E-state index is -1.24. The molecule has 0 amide bonds. The first-order valence-corrected chi connectivity index (χ1v) is 8.41. The van der Waals surface area contributed by atoms with Gasteiger partial charge in [-0.05, 0) is 47.9 Å². The summed E-state index contributed by atoms with van der Waals surface area (Å²) in [5.41, 5.74) is 1.78. The van der Waals surface area contributed by atoms with Gasteiger partial charge in [0.2, 0.25) is 0 Å². The van der Waals surface area contributed by atoms with E-state index in [2.05, 4.69) is 6.92 Å². The first-order valence-electron chi connectivity index (χ1n) is 8.41. The van der Waals surface area contributed by atoms with E-state index in [1.54, 1.807) is 24.3 Å². The molecule has 3 rings (SSSR count). The summed E-state index contributed by atoms with van der Waals surface area (Å²) in [5, 5.41) is 0. The zero-order valence-electron chi connectivity index (χ0n) is 14.9. The van der Waals surface area contributed by atoms with Crippen molar-refractivity contribution < 1.29 is 23.8 Å². The second-order valence-electron chi connectivity index (χ2n) is 6.41. The van der Waals surface area contributed by atoms with Crippen LogP contribution in [0.2, 0.25) is 0 Å². The molecule has 0 saturated carbocycles. The van der Waals surface area contributed by atoms with Crippen molar-refractivity contribution in [1.82, 2.24) is 0 Å². The molecule has 1 saturated heterocycles. The van der Waals surface area contributed by atoms with E-state index in [9.17, 15) is 9.59 Å². The van der Waals surface area contributed by atoms with E-state index < -0.39 is 17.7 Å². The highest BCUT2D eigenvalue weighted by Crippen LogP contribution is 2.26. The van der Waals surface area contributed by atoms with Gasteiger partial charge in [0, 0.05) is 13.8 Å². The highest BCUT2D eigenvalue weighted by molar-refractivity contribution is 6.18. The maximum Gasteiger partial charge on any atom is 0.348 e. The Balaban J connectivity index is 1.73. The molecule has 2 aromatic rings. The molecule has 0 N–H and O–H groups in total. The summed E-state index contributed by atoms with van der Waals surface area (Å²) in [5.74, 6) is -1.22. The number of aryl methyl sites for hydroxylation is 1. The summed E-state index contributed by atoms with van der Waals surface area (Å²) in [7, 11) is 0. The number of esters is 2. The van der Waals surface area contributed by atoms with E-state index in [0.29, 0.717) is 11.3 Å². The van der Waals surface area contributed by atoms with Gasteiger partial charge in [-0.15, -0.1) is 0 Å². The van der Waals surface area contributed by atoms with Gasteiger partial charge in [-0.1, -0.05) is 31.2 Å². The predicted molar refractivity (Wildman–Crippen MR) is 96.6 cm³/mol. The Labute approximate surface area is 152 Å². The molecular formula is C21H20O5. The van der Waals surface area contributed by atoms with Crippen molar-refractivity contribution in [3.63, 3.8) is 0 Å². The third-order valence-electron chi connectivity index (χ3n) is 3.88. The van der Waals surface area contributed by atoms with Gasteiger partial charge in [0.15, 0.2) is 0 Å². The molecular weight excluding hydrogens is 332 g/mol. The summed E-state index contributed by atoms with van der Waals surface area (Å²) >= 11 is 0. The standard InChI is InChI=1S/C21H20O5/c1-4-14-5-9-16(10-6-14)24-17-11-7-15(8-12-17)13-18-19(22)25-21(2,3)26-20(18)23/h5-13H,4H2,1-3H3. The van der Waals surface area contributed by atoms with E-state index in [0.717, 1.165) is 12.2 Å². The molecule has 134 valence electrons. The van der Waals surface area contributed by atoms with Crippen LogP contribution in [0.3, 0.4) is 0 Å². The van der Waals surface area contributed by atoms with E-state index in [-0.39, 0.29) is 5.57 Å². The Hall–Kier alpha value is -3.08. The number of hydrogen-bond donors (Lipinski definition) is 0. The molecule has 0 aromatic heterocycles. The quantitative estimate of drug-likeness (QED) is 0.467. The van der Waals surface area contributed by atoms with Gasteiger partial charge in [0.25, 0.3) is 5.79 Å². The van der Waals surface area contributed by atoms with Gasteiger partial charge in [0.05, 0.1) is 0 Å². The Bertz CT molecular complexity index is 823. The number of ether oxygens (including phenoxy) is 3. The zero-order chi connectivity index (χ0) is 18.7. The summed E-state index contributed by atoms with van der Waals surface area (Å²) in [6.07, 6.45) is 2.42. The number of carbonyl (C=O) groups is 2. The Morgan fingerprint density at radius 1 is 0.885 bits per heavy atom. The number of cyclic esters (lactones) is 2. The normalized spacial score (nSPS) is 15.9. The van der Waals surface area contributed by atoms with Gasteiger partial charge in [0.1, 0.15) is 17.1 Å². The van der Waals surface area contributed by atoms with E-state index >= 15 is 0 Å². The molecule has 1 aliphatic heterocycles. The zero-order valence-corrected chi connectivity index (χ0v) is 14.9. The van der Waals surface area contributed by atoms with Crippen LogP contribution in [-0.4, -0.2) is 17.7 Å². The Morgan fingerprint density at radius 2 is 1.38 bits per heavy atom. The third-order valence-corrected chi connectivity index (χ3v) is 3.88. The van der Waals surface area contributed by atoms with Crippen LogP contribution in [0.25, 0.3) is 6.08 Å². The minimum Gasteiger partial charge on any atom is -0.457 e. The van der Waals surface area contributed by atoms with Gasteiger partial charge >= 0.3 is 11.9 Å². The second-order valence-corrected chi connectivity index (χ2v) is 6.41. The van der Waals surface area contributed by atoms with Crippen molar-refractivity contribution >= 4 is 18.0 Å². The molecule has 2 aromatic carbocycles. The molecule has 5 heteroatoms. The van der Waals surface area contributed by atoms with Crippen molar-refractivity contribution in [2.75, 3.05) is 0 Å². The lowest BCUT2D eigenvalue weighted by Crippen LogP contribution is -2.41. The third kappa shape index (κ3) is 4.11. The van der Waals surface area contributed by atoms with Crippen molar-refractivity contribution in [3.8, 4) is 11.5 Å². The molecule has 1 aliphatic rings. The first-order chi connectivity index (χ1) is 12.4. The highest BCUT2D eigenvalue weighted by atomic mass is 16.7. The van der Waals surface area contributed by atoms with Gasteiger partial charge in [-0.2, -0.15) is 0 Å². The lowest BCUT2D eigenvalue weighted by Gasteiger charge is -2.29. The number of rotatable bonds is 4. The molecule has 1 fully saturated rings. The fourth-order valence-corrected chi connectivity index (χ4v) is 2.51. The largest absolute Gasteiger partial charge is 0.457 e. The van der Waals surface area contributed by atoms with Crippen molar-refractivity contribution in [3.05, 3.63) is 65.2 Å². The average molecular weight is 352 g/mol. The van der Waals surface area contributed by atoms with Gasteiger partial charge in [-0.25, -0.2) is 9.59 Å². The molecule has 0 spiro atoms. The predicted octanol–water partition coefficient (Wildman–Crippen LogP) is 4.26. The lowest BCUT2D eigenvalue weighted by molar-refractivity contribution is -0.222. The summed E-state index contributed by atoms with van der Waals surface area (Å²) in [4.78, 5) is 23.9. The van der Waals surface area contributed by atoms with Crippen molar-refractivity contribution in [2.45, 2.75) is 33.0 Å². The monoisotopic (exact) mass is 352 g/mol. The van der Waals surface area contributed by atoms with E-state index in [4.69, 9.17) is 14.2 Å². The topological polar surface area (TPSA) is 61.8 Å². The Kier molecular flexibility index (Phi) is 4.80. The number of benzene rings is 2. The molecule has 0 atom stereocenters. The summed E-state index contributed by atoms with van der Waals surface area (Å²) in [6, 6.07) is 14.9. The SMILES string of the molecule is CCc1ccc(Oc2ccc(C=C3C(=O)OC(C)(C)OC3=O)cc2)cc1. The van der Waals surface area contributed by atoms with Crippen LogP contribution in [0.5, 0.6) is 11.5 Å². The fourth-order valence-electron chi connectivity index (χ4n) is 2.51. The van der Waals surface area contributed by atoms with Gasteiger partial charge in [-0.3, -0.25) is 0 Å². The van der Waals surface area contributed by atoms with Crippen LogP contribution < -0.4 is 4.74 Å².